The minimum atomic E-state index is -4.41. The quantitative estimate of drug-likeness (QED) is 0.428. The highest BCUT2D eigenvalue weighted by atomic mass is 32.1. The molecule has 0 bridgehead atoms. The topological polar surface area (TPSA) is 81.1 Å². The van der Waals surface area contributed by atoms with Gasteiger partial charge in [-0.1, -0.05) is 12.1 Å². The first-order valence-corrected chi connectivity index (χ1v) is 9.56. The van der Waals surface area contributed by atoms with Crippen molar-refractivity contribution in [3.63, 3.8) is 0 Å². The SMILES string of the molecule is CCOC(=O)c1ccc(NC(=S)Nc2ncn(Cc3cccc(C(F)(F)F)c3)n2)cc1. The molecule has 7 nitrogen and oxygen atoms in total. The lowest BCUT2D eigenvalue weighted by atomic mass is 10.1. The van der Waals surface area contributed by atoms with E-state index >= 15 is 0 Å². The summed E-state index contributed by atoms with van der Waals surface area (Å²) in [6, 6.07) is 11.6. The molecule has 0 atom stereocenters. The number of halogens is 3. The predicted octanol–water partition coefficient (Wildman–Crippen LogP) is 4.33. The first-order chi connectivity index (χ1) is 14.7. The van der Waals surface area contributed by atoms with Crippen LogP contribution in [0.15, 0.2) is 54.9 Å². The van der Waals surface area contributed by atoms with Crippen LogP contribution in [0.25, 0.3) is 0 Å². The van der Waals surface area contributed by atoms with E-state index in [1.54, 1.807) is 37.3 Å². The van der Waals surface area contributed by atoms with Crippen LogP contribution in [-0.2, 0) is 17.5 Å². The third kappa shape index (κ3) is 6.25. The molecule has 2 N–H and O–H groups in total. The molecule has 2 aromatic carbocycles. The Morgan fingerprint density at radius 3 is 2.58 bits per heavy atom. The molecule has 1 aromatic heterocycles. The highest BCUT2D eigenvalue weighted by Crippen LogP contribution is 2.29. The number of nitrogens with one attached hydrogen (secondary N) is 2. The number of hydrogen-bond donors (Lipinski definition) is 2. The molecule has 3 rings (SSSR count). The van der Waals surface area contributed by atoms with Gasteiger partial charge in [0.25, 0.3) is 0 Å². The van der Waals surface area contributed by atoms with Gasteiger partial charge in [-0.3, -0.25) is 5.32 Å². The van der Waals surface area contributed by atoms with Crippen molar-refractivity contribution < 1.29 is 22.7 Å². The molecule has 162 valence electrons. The maximum atomic E-state index is 12.8. The minimum Gasteiger partial charge on any atom is -0.462 e. The van der Waals surface area contributed by atoms with Gasteiger partial charge in [0.05, 0.1) is 24.3 Å². The standard InChI is InChI=1S/C20H18F3N5O2S/c1-2-30-17(29)14-6-8-16(9-7-14)25-19(31)26-18-24-12-28(27-18)11-13-4-3-5-15(10-13)20(21,22)23/h3-10,12H,2,11H2,1H3,(H2,25,26,27,31). The zero-order valence-corrected chi connectivity index (χ0v) is 17.1. The zero-order chi connectivity index (χ0) is 22.4. The van der Waals surface area contributed by atoms with Crippen molar-refractivity contribution in [3.05, 3.63) is 71.5 Å². The molecule has 0 spiro atoms. The number of rotatable bonds is 6. The summed E-state index contributed by atoms with van der Waals surface area (Å²) in [6.07, 6.45) is -3.02. The maximum absolute atomic E-state index is 12.8. The van der Waals surface area contributed by atoms with E-state index in [-0.39, 0.29) is 17.6 Å². The van der Waals surface area contributed by atoms with Crippen LogP contribution >= 0.6 is 12.2 Å². The van der Waals surface area contributed by atoms with Gasteiger partial charge in [-0.05, 0) is 61.1 Å². The third-order valence-corrected chi connectivity index (χ3v) is 4.22. The van der Waals surface area contributed by atoms with Gasteiger partial charge in [-0.2, -0.15) is 13.2 Å². The molecule has 1 heterocycles. The van der Waals surface area contributed by atoms with Gasteiger partial charge in [0, 0.05) is 5.69 Å². The van der Waals surface area contributed by atoms with Gasteiger partial charge in [-0.15, -0.1) is 5.10 Å². The fourth-order valence-corrected chi connectivity index (χ4v) is 2.84. The molecule has 0 aliphatic heterocycles. The van der Waals surface area contributed by atoms with Crippen LogP contribution in [0.4, 0.5) is 24.8 Å². The van der Waals surface area contributed by atoms with Crippen LogP contribution in [0.1, 0.15) is 28.4 Å². The summed E-state index contributed by atoms with van der Waals surface area (Å²) in [5, 5.41) is 10.1. The number of aromatic nitrogens is 3. The number of alkyl halides is 3. The van der Waals surface area contributed by atoms with E-state index in [0.717, 1.165) is 12.1 Å². The largest absolute Gasteiger partial charge is 0.462 e. The summed E-state index contributed by atoms with van der Waals surface area (Å²) in [5.74, 6) is -0.224. The normalized spacial score (nSPS) is 11.1. The molecule has 0 amide bonds. The second kappa shape index (κ2) is 9.56. The summed E-state index contributed by atoms with van der Waals surface area (Å²) in [5.41, 5.74) is 0.770. The molecular formula is C20H18F3N5O2S. The second-order valence-electron chi connectivity index (χ2n) is 6.34. The van der Waals surface area contributed by atoms with E-state index in [4.69, 9.17) is 17.0 Å². The van der Waals surface area contributed by atoms with Crippen LogP contribution in [-0.4, -0.2) is 32.5 Å². The summed E-state index contributed by atoms with van der Waals surface area (Å²) >= 11 is 5.21. The van der Waals surface area contributed by atoms with Crippen molar-refractivity contribution in [1.29, 1.82) is 0 Å². The van der Waals surface area contributed by atoms with Crippen LogP contribution in [0.5, 0.6) is 0 Å². The number of benzene rings is 2. The Labute approximate surface area is 181 Å². The molecular weight excluding hydrogens is 431 g/mol. The lowest BCUT2D eigenvalue weighted by Gasteiger charge is -2.09. The molecule has 0 aliphatic rings. The van der Waals surface area contributed by atoms with Crippen molar-refractivity contribution in [3.8, 4) is 0 Å². The minimum absolute atomic E-state index is 0.119. The number of esters is 1. The number of nitrogens with zero attached hydrogens (tertiary/aromatic N) is 3. The molecule has 0 saturated heterocycles. The van der Waals surface area contributed by atoms with Crippen molar-refractivity contribution in [1.82, 2.24) is 14.8 Å². The van der Waals surface area contributed by atoms with Crippen molar-refractivity contribution in [2.75, 3.05) is 17.2 Å². The summed E-state index contributed by atoms with van der Waals surface area (Å²) in [7, 11) is 0. The monoisotopic (exact) mass is 449 g/mol. The smallest absolute Gasteiger partial charge is 0.416 e. The highest BCUT2D eigenvalue weighted by Gasteiger charge is 2.30. The summed E-state index contributed by atoms with van der Waals surface area (Å²) < 4.78 is 44.8. The van der Waals surface area contributed by atoms with Crippen LogP contribution in [0, 0.1) is 0 Å². The van der Waals surface area contributed by atoms with Gasteiger partial charge < -0.3 is 10.1 Å². The van der Waals surface area contributed by atoms with E-state index < -0.39 is 17.7 Å². The zero-order valence-electron chi connectivity index (χ0n) is 16.3. The Morgan fingerprint density at radius 1 is 1.16 bits per heavy atom. The number of ether oxygens (including phenoxy) is 1. The number of anilines is 2. The van der Waals surface area contributed by atoms with Gasteiger partial charge in [0.2, 0.25) is 5.95 Å². The molecule has 0 unspecified atom stereocenters. The van der Waals surface area contributed by atoms with Gasteiger partial charge in [-0.25, -0.2) is 14.5 Å². The van der Waals surface area contributed by atoms with Crippen LogP contribution in [0.2, 0.25) is 0 Å². The molecule has 0 fully saturated rings. The summed E-state index contributed by atoms with van der Waals surface area (Å²) in [6.45, 7) is 2.14. The average molecular weight is 449 g/mol. The van der Waals surface area contributed by atoms with Crippen LogP contribution < -0.4 is 10.6 Å². The lowest BCUT2D eigenvalue weighted by Crippen LogP contribution is -2.20. The molecule has 11 heteroatoms. The van der Waals surface area contributed by atoms with Crippen LogP contribution in [0.3, 0.4) is 0 Å². The number of hydrogen-bond acceptors (Lipinski definition) is 5. The first kappa shape index (κ1) is 22.2. The number of carbonyl (C=O) groups excluding carboxylic acids is 1. The van der Waals surface area contributed by atoms with E-state index in [2.05, 4.69) is 20.7 Å². The van der Waals surface area contributed by atoms with E-state index in [0.29, 0.717) is 23.4 Å². The molecule has 0 aliphatic carbocycles. The average Bonchev–Trinajstić information content (AvgIpc) is 3.14. The van der Waals surface area contributed by atoms with Gasteiger partial charge >= 0.3 is 12.1 Å². The van der Waals surface area contributed by atoms with E-state index in [1.807, 2.05) is 0 Å². The van der Waals surface area contributed by atoms with Gasteiger partial charge in [0.15, 0.2) is 5.11 Å². The van der Waals surface area contributed by atoms with E-state index in [9.17, 15) is 18.0 Å². The maximum Gasteiger partial charge on any atom is 0.416 e. The molecule has 31 heavy (non-hydrogen) atoms. The second-order valence-corrected chi connectivity index (χ2v) is 6.75. The summed E-state index contributed by atoms with van der Waals surface area (Å²) in [4.78, 5) is 15.7. The van der Waals surface area contributed by atoms with E-state index in [1.165, 1.54) is 17.1 Å². The lowest BCUT2D eigenvalue weighted by molar-refractivity contribution is -0.137. The Hall–Kier alpha value is -3.47. The Kier molecular flexibility index (Phi) is 6.85. The van der Waals surface area contributed by atoms with Crippen molar-refractivity contribution in [2.45, 2.75) is 19.6 Å². The van der Waals surface area contributed by atoms with Gasteiger partial charge in [0.1, 0.15) is 6.33 Å². The Morgan fingerprint density at radius 2 is 1.90 bits per heavy atom. The van der Waals surface area contributed by atoms with Crippen molar-refractivity contribution >= 4 is 34.9 Å². The predicted molar refractivity (Wildman–Crippen MR) is 113 cm³/mol. The number of carbonyl (C=O) groups is 1. The Balaban J connectivity index is 1.57. The number of thiocarbonyl (C=S) groups is 1. The highest BCUT2D eigenvalue weighted by molar-refractivity contribution is 7.80. The fraction of sp³-hybridized carbons (Fsp3) is 0.200. The molecule has 0 radical (unpaired) electrons. The third-order valence-electron chi connectivity index (χ3n) is 4.01. The first-order valence-electron chi connectivity index (χ1n) is 9.15. The van der Waals surface area contributed by atoms with Crippen molar-refractivity contribution in [2.24, 2.45) is 0 Å². The molecule has 3 aromatic rings. The fourth-order valence-electron chi connectivity index (χ4n) is 2.63. The Bertz CT molecular complexity index is 1070. The molecule has 0 saturated carbocycles.